The van der Waals surface area contributed by atoms with Crippen LogP contribution in [0.4, 0.5) is 4.79 Å². The second-order valence-corrected chi connectivity index (χ2v) is 4.68. The average molecular weight is 254 g/mol. The number of amides is 2. The highest BCUT2D eigenvalue weighted by atomic mass is 16.4. The Labute approximate surface area is 108 Å². The van der Waals surface area contributed by atoms with Crippen LogP contribution < -0.4 is 10.6 Å². The van der Waals surface area contributed by atoms with E-state index in [2.05, 4.69) is 17.6 Å². The van der Waals surface area contributed by atoms with E-state index in [1.807, 2.05) is 6.92 Å². The summed E-state index contributed by atoms with van der Waals surface area (Å²) in [5.41, 5.74) is 0. The molecule has 1 aliphatic carbocycles. The monoisotopic (exact) mass is 254 g/mol. The van der Waals surface area contributed by atoms with Crippen molar-refractivity contribution in [2.45, 2.75) is 51.6 Å². The zero-order valence-corrected chi connectivity index (χ0v) is 11.0. The van der Waals surface area contributed by atoms with Crippen molar-refractivity contribution in [1.29, 1.82) is 0 Å². The van der Waals surface area contributed by atoms with Gasteiger partial charge in [-0.2, -0.15) is 0 Å². The lowest BCUT2D eigenvalue weighted by molar-refractivity contribution is -0.140. The molecule has 0 spiro atoms. The van der Waals surface area contributed by atoms with Gasteiger partial charge in [0.15, 0.2) is 0 Å². The maximum Gasteiger partial charge on any atom is 0.315 e. The van der Waals surface area contributed by atoms with Crippen molar-refractivity contribution in [3.05, 3.63) is 12.2 Å². The number of rotatable bonds is 6. The Morgan fingerprint density at radius 2 is 2.11 bits per heavy atom. The van der Waals surface area contributed by atoms with Crippen molar-refractivity contribution < 1.29 is 14.7 Å². The lowest BCUT2D eigenvalue weighted by atomic mass is 10.1. The Morgan fingerprint density at radius 3 is 2.61 bits per heavy atom. The molecular weight excluding hydrogens is 232 g/mol. The molecule has 2 amide bonds. The van der Waals surface area contributed by atoms with Gasteiger partial charge in [0, 0.05) is 6.04 Å². The largest absolute Gasteiger partial charge is 0.481 e. The van der Waals surface area contributed by atoms with E-state index < -0.39 is 11.9 Å². The number of aliphatic carboxylic acids is 1. The van der Waals surface area contributed by atoms with Crippen LogP contribution in [0.5, 0.6) is 0 Å². The summed E-state index contributed by atoms with van der Waals surface area (Å²) in [5, 5.41) is 14.5. The van der Waals surface area contributed by atoms with Gasteiger partial charge in [0.05, 0.1) is 12.0 Å². The number of nitrogens with one attached hydrogen (secondary N) is 2. The first-order chi connectivity index (χ1) is 8.56. The molecule has 0 aromatic heterocycles. The third-order valence-electron chi connectivity index (χ3n) is 3.18. The first-order valence-electron chi connectivity index (χ1n) is 6.55. The van der Waals surface area contributed by atoms with E-state index in [9.17, 15) is 9.59 Å². The number of carbonyl (C=O) groups is 2. The topological polar surface area (TPSA) is 78.4 Å². The number of carboxylic acids is 1. The Hall–Kier alpha value is -1.52. The fourth-order valence-corrected chi connectivity index (χ4v) is 2.11. The van der Waals surface area contributed by atoms with E-state index in [0.29, 0.717) is 6.42 Å². The summed E-state index contributed by atoms with van der Waals surface area (Å²) in [6, 6.07) is -0.197. The maximum absolute atomic E-state index is 11.7. The van der Waals surface area contributed by atoms with Crippen LogP contribution in [-0.4, -0.2) is 29.2 Å². The first-order valence-corrected chi connectivity index (χ1v) is 6.55. The van der Waals surface area contributed by atoms with Crippen molar-refractivity contribution >= 4 is 12.0 Å². The van der Waals surface area contributed by atoms with E-state index in [1.165, 1.54) is 0 Å². The lowest BCUT2D eigenvalue weighted by Gasteiger charge is -2.19. The predicted molar refractivity (Wildman–Crippen MR) is 69.3 cm³/mol. The normalized spacial score (nSPS) is 23.7. The fourth-order valence-electron chi connectivity index (χ4n) is 2.11. The molecule has 102 valence electrons. The predicted octanol–water partition coefficient (Wildman–Crippen LogP) is 1.89. The van der Waals surface area contributed by atoms with Gasteiger partial charge in [-0.3, -0.25) is 4.79 Å². The highest BCUT2D eigenvalue weighted by Crippen LogP contribution is 2.17. The van der Waals surface area contributed by atoms with Gasteiger partial charge in [0.1, 0.15) is 0 Å². The Morgan fingerprint density at radius 1 is 1.39 bits per heavy atom. The molecular formula is C13H22N2O3. The summed E-state index contributed by atoms with van der Waals surface area (Å²) in [6.45, 7) is 4.12. The molecule has 0 saturated carbocycles. The van der Waals surface area contributed by atoms with Gasteiger partial charge < -0.3 is 15.7 Å². The van der Waals surface area contributed by atoms with Crippen LogP contribution in [0.3, 0.4) is 0 Å². The van der Waals surface area contributed by atoms with E-state index >= 15 is 0 Å². The molecule has 3 atom stereocenters. The number of carboxylic acid groups (broad SMARTS) is 1. The molecule has 3 unspecified atom stereocenters. The van der Waals surface area contributed by atoms with Crippen molar-refractivity contribution in [1.82, 2.24) is 10.6 Å². The minimum atomic E-state index is -0.839. The van der Waals surface area contributed by atoms with Gasteiger partial charge in [-0.25, -0.2) is 4.79 Å². The number of carbonyl (C=O) groups excluding carboxylic acids is 1. The smallest absolute Gasteiger partial charge is 0.315 e. The van der Waals surface area contributed by atoms with Gasteiger partial charge in [-0.05, 0) is 19.3 Å². The molecule has 0 saturated heterocycles. The molecule has 1 rings (SSSR count). The van der Waals surface area contributed by atoms with Gasteiger partial charge in [0.2, 0.25) is 0 Å². The third kappa shape index (κ3) is 4.39. The van der Waals surface area contributed by atoms with Crippen LogP contribution in [0.2, 0.25) is 0 Å². The second-order valence-electron chi connectivity index (χ2n) is 4.68. The minimum absolute atomic E-state index is 0.176. The van der Waals surface area contributed by atoms with Gasteiger partial charge in [-0.15, -0.1) is 0 Å². The van der Waals surface area contributed by atoms with E-state index in [1.54, 1.807) is 12.2 Å². The summed E-state index contributed by atoms with van der Waals surface area (Å²) in [6.07, 6.45) is 6.72. The molecule has 5 heteroatoms. The molecule has 0 aromatic carbocycles. The second kappa shape index (κ2) is 7.03. The Bertz CT molecular complexity index is 328. The van der Waals surface area contributed by atoms with Gasteiger partial charge >= 0.3 is 12.0 Å². The summed E-state index contributed by atoms with van der Waals surface area (Å²) in [5.74, 6) is -1.32. The summed E-state index contributed by atoms with van der Waals surface area (Å²) < 4.78 is 0. The van der Waals surface area contributed by atoms with Gasteiger partial charge in [0.25, 0.3) is 0 Å². The van der Waals surface area contributed by atoms with E-state index in [4.69, 9.17) is 5.11 Å². The summed E-state index contributed by atoms with van der Waals surface area (Å²) >= 11 is 0. The molecule has 0 aliphatic heterocycles. The van der Waals surface area contributed by atoms with Crippen LogP contribution in [0, 0.1) is 5.92 Å². The molecule has 18 heavy (non-hydrogen) atoms. The van der Waals surface area contributed by atoms with Crippen LogP contribution >= 0.6 is 0 Å². The number of hydrogen-bond donors (Lipinski definition) is 3. The SMILES string of the molecule is CCCC(CC)NC(=O)NC1C=CC(C(=O)O)C1. The van der Waals surface area contributed by atoms with Crippen molar-refractivity contribution in [3.63, 3.8) is 0 Å². The maximum atomic E-state index is 11.7. The first kappa shape index (κ1) is 14.5. The van der Waals surface area contributed by atoms with Gasteiger partial charge in [-0.1, -0.05) is 32.4 Å². The molecule has 0 bridgehead atoms. The zero-order chi connectivity index (χ0) is 13.5. The molecule has 0 radical (unpaired) electrons. The van der Waals surface area contributed by atoms with Crippen LogP contribution in [0.25, 0.3) is 0 Å². The third-order valence-corrected chi connectivity index (χ3v) is 3.18. The quantitative estimate of drug-likeness (QED) is 0.633. The van der Waals surface area contributed by atoms with Crippen LogP contribution in [-0.2, 0) is 4.79 Å². The van der Waals surface area contributed by atoms with E-state index in [0.717, 1.165) is 19.3 Å². The average Bonchev–Trinajstić information content (AvgIpc) is 2.77. The Kier molecular flexibility index (Phi) is 5.68. The van der Waals surface area contributed by atoms with E-state index in [-0.39, 0.29) is 18.1 Å². The molecule has 0 aromatic rings. The molecule has 0 heterocycles. The summed E-state index contributed by atoms with van der Waals surface area (Å²) in [7, 11) is 0. The molecule has 3 N–H and O–H groups in total. The number of hydrogen-bond acceptors (Lipinski definition) is 2. The van der Waals surface area contributed by atoms with Crippen molar-refractivity contribution in [3.8, 4) is 0 Å². The molecule has 1 aliphatic rings. The zero-order valence-electron chi connectivity index (χ0n) is 11.0. The van der Waals surface area contributed by atoms with Crippen LogP contribution in [0.1, 0.15) is 39.5 Å². The standard InChI is InChI=1S/C13H22N2O3/c1-3-5-10(4-2)14-13(18)15-11-7-6-9(8-11)12(16)17/h6-7,9-11H,3-5,8H2,1-2H3,(H,16,17)(H2,14,15,18). The fraction of sp³-hybridized carbons (Fsp3) is 0.692. The molecule has 0 fully saturated rings. The van der Waals surface area contributed by atoms with Crippen molar-refractivity contribution in [2.24, 2.45) is 5.92 Å². The van der Waals surface area contributed by atoms with Crippen LogP contribution in [0.15, 0.2) is 12.2 Å². The summed E-state index contributed by atoms with van der Waals surface area (Å²) in [4.78, 5) is 22.5. The molecule has 5 nitrogen and oxygen atoms in total. The highest BCUT2D eigenvalue weighted by Gasteiger charge is 2.25. The minimum Gasteiger partial charge on any atom is -0.481 e. The Balaban J connectivity index is 2.33. The lowest BCUT2D eigenvalue weighted by Crippen LogP contribution is -2.45. The van der Waals surface area contributed by atoms with Crippen molar-refractivity contribution in [2.75, 3.05) is 0 Å². The highest BCUT2D eigenvalue weighted by molar-refractivity contribution is 5.76. The number of urea groups is 1.